The molecule has 0 aliphatic heterocycles. The van der Waals surface area contributed by atoms with E-state index in [4.69, 9.17) is 4.74 Å². The minimum absolute atomic E-state index is 0.257. The summed E-state index contributed by atoms with van der Waals surface area (Å²) >= 11 is 0. The van der Waals surface area contributed by atoms with Gasteiger partial charge < -0.3 is 4.74 Å². The van der Waals surface area contributed by atoms with Gasteiger partial charge in [0.15, 0.2) is 5.82 Å². The predicted octanol–water partition coefficient (Wildman–Crippen LogP) is 8.17. The molecule has 0 spiro atoms. The Morgan fingerprint density at radius 3 is 1.90 bits per heavy atom. The molecule has 166 valence electrons. The molecule has 0 aliphatic carbocycles. The van der Waals surface area contributed by atoms with E-state index in [2.05, 4.69) is 42.9 Å². The molecule has 0 bridgehead atoms. The van der Waals surface area contributed by atoms with Gasteiger partial charge in [0.25, 0.3) is 0 Å². The lowest BCUT2D eigenvalue weighted by molar-refractivity contribution is 0.207. The van der Waals surface area contributed by atoms with Crippen LogP contribution in [-0.2, 0) is 6.42 Å². The Bertz CT molecular complexity index is 666. The van der Waals surface area contributed by atoms with Crippen LogP contribution in [-0.4, -0.2) is 16.1 Å². The third kappa shape index (κ3) is 9.73. The first kappa shape index (κ1) is 24.4. The number of benzene rings is 1. The highest BCUT2D eigenvalue weighted by Crippen LogP contribution is 2.21. The van der Waals surface area contributed by atoms with Crippen LogP contribution in [0.3, 0.4) is 0 Å². The van der Waals surface area contributed by atoms with Crippen LogP contribution in [0.25, 0.3) is 11.4 Å². The number of aromatic nitrogens is 2. The molecule has 0 N–H and O–H groups in total. The fourth-order valence-electron chi connectivity index (χ4n) is 3.74. The van der Waals surface area contributed by atoms with E-state index in [1.165, 1.54) is 76.2 Å². The van der Waals surface area contributed by atoms with E-state index in [0.29, 0.717) is 0 Å². The molecule has 1 aromatic carbocycles. The second kappa shape index (κ2) is 15.0. The Morgan fingerprint density at radius 2 is 1.30 bits per heavy atom. The van der Waals surface area contributed by atoms with Crippen LogP contribution in [0.1, 0.15) is 103 Å². The molecule has 0 fully saturated rings. The minimum atomic E-state index is 0.257. The quantitative estimate of drug-likeness (QED) is 0.262. The van der Waals surface area contributed by atoms with Crippen LogP contribution >= 0.6 is 0 Å². The van der Waals surface area contributed by atoms with Crippen molar-refractivity contribution in [3.8, 4) is 17.1 Å². The van der Waals surface area contributed by atoms with Crippen LogP contribution in [0.2, 0.25) is 0 Å². The summed E-state index contributed by atoms with van der Waals surface area (Å²) in [5.74, 6) is 1.71. The molecule has 3 nitrogen and oxygen atoms in total. The summed E-state index contributed by atoms with van der Waals surface area (Å²) in [4.78, 5) is 9.17. The van der Waals surface area contributed by atoms with Crippen molar-refractivity contribution in [1.82, 2.24) is 9.97 Å². The van der Waals surface area contributed by atoms with E-state index in [-0.39, 0.29) is 6.10 Å². The average molecular weight is 411 g/mol. The highest BCUT2D eigenvalue weighted by molar-refractivity contribution is 5.55. The van der Waals surface area contributed by atoms with Gasteiger partial charge in [-0.15, -0.1) is 0 Å². The molecule has 1 atom stereocenters. The number of rotatable bonds is 16. The van der Waals surface area contributed by atoms with Crippen LogP contribution in [0.5, 0.6) is 5.75 Å². The first-order valence-corrected chi connectivity index (χ1v) is 12.3. The van der Waals surface area contributed by atoms with Crippen molar-refractivity contribution in [3.05, 3.63) is 42.2 Å². The maximum atomic E-state index is 5.98. The predicted molar refractivity (Wildman–Crippen MR) is 128 cm³/mol. The van der Waals surface area contributed by atoms with Gasteiger partial charge in [-0.05, 0) is 56.0 Å². The zero-order chi connectivity index (χ0) is 21.4. The van der Waals surface area contributed by atoms with Gasteiger partial charge in [0.05, 0.1) is 6.10 Å². The standard InChI is InChI=1S/C27H42N2O/c1-4-6-8-9-10-11-12-13-14-16-24-21-28-27(29-22-24)25-17-19-26(20-18-25)30-23(3)15-7-5-2/h17-23H,4-16H2,1-3H3/t23-/m0/s1. The minimum Gasteiger partial charge on any atom is -0.491 e. The molecule has 2 rings (SSSR count). The fraction of sp³-hybridized carbons (Fsp3) is 0.630. The lowest BCUT2D eigenvalue weighted by atomic mass is 10.1. The lowest BCUT2D eigenvalue weighted by Crippen LogP contribution is -2.11. The molecular formula is C27H42N2O. The highest BCUT2D eigenvalue weighted by atomic mass is 16.5. The van der Waals surface area contributed by atoms with Crippen molar-refractivity contribution < 1.29 is 4.74 Å². The van der Waals surface area contributed by atoms with Gasteiger partial charge >= 0.3 is 0 Å². The Hall–Kier alpha value is -1.90. The third-order valence-corrected chi connectivity index (χ3v) is 5.69. The first-order valence-electron chi connectivity index (χ1n) is 12.3. The smallest absolute Gasteiger partial charge is 0.159 e. The third-order valence-electron chi connectivity index (χ3n) is 5.69. The molecule has 0 aliphatic rings. The maximum Gasteiger partial charge on any atom is 0.159 e. The van der Waals surface area contributed by atoms with Crippen LogP contribution in [0.4, 0.5) is 0 Å². The Kier molecular flexibility index (Phi) is 12.2. The van der Waals surface area contributed by atoms with Gasteiger partial charge in [0, 0.05) is 18.0 Å². The molecule has 0 saturated carbocycles. The molecule has 30 heavy (non-hydrogen) atoms. The summed E-state index contributed by atoms with van der Waals surface area (Å²) in [7, 11) is 0. The summed E-state index contributed by atoms with van der Waals surface area (Å²) in [5.41, 5.74) is 2.28. The summed E-state index contributed by atoms with van der Waals surface area (Å²) in [6.45, 7) is 6.62. The van der Waals surface area contributed by atoms with Gasteiger partial charge in [0.1, 0.15) is 5.75 Å². The molecule has 2 aromatic rings. The zero-order valence-corrected chi connectivity index (χ0v) is 19.5. The van der Waals surface area contributed by atoms with Gasteiger partial charge in [-0.1, -0.05) is 78.1 Å². The summed E-state index contributed by atoms with van der Waals surface area (Å²) < 4.78 is 5.98. The summed E-state index contributed by atoms with van der Waals surface area (Å²) in [6.07, 6.45) is 21.1. The number of hydrogen-bond donors (Lipinski definition) is 0. The monoisotopic (exact) mass is 410 g/mol. The van der Waals surface area contributed by atoms with Crippen LogP contribution in [0.15, 0.2) is 36.7 Å². The van der Waals surface area contributed by atoms with E-state index in [0.717, 1.165) is 30.0 Å². The lowest BCUT2D eigenvalue weighted by Gasteiger charge is -2.14. The van der Waals surface area contributed by atoms with Crippen molar-refractivity contribution in [1.29, 1.82) is 0 Å². The number of unbranched alkanes of at least 4 members (excludes halogenated alkanes) is 9. The second-order valence-electron chi connectivity index (χ2n) is 8.59. The van der Waals surface area contributed by atoms with E-state index < -0.39 is 0 Å². The average Bonchev–Trinajstić information content (AvgIpc) is 2.77. The van der Waals surface area contributed by atoms with Gasteiger partial charge in [-0.3, -0.25) is 0 Å². The number of nitrogens with zero attached hydrogens (tertiary/aromatic N) is 2. The molecular weight excluding hydrogens is 368 g/mol. The van der Waals surface area contributed by atoms with Gasteiger partial charge in [-0.25, -0.2) is 9.97 Å². The van der Waals surface area contributed by atoms with E-state index in [9.17, 15) is 0 Å². The van der Waals surface area contributed by atoms with Crippen molar-refractivity contribution in [2.75, 3.05) is 0 Å². The largest absolute Gasteiger partial charge is 0.491 e. The van der Waals surface area contributed by atoms with Crippen molar-refractivity contribution in [3.63, 3.8) is 0 Å². The first-order chi connectivity index (χ1) is 14.7. The second-order valence-corrected chi connectivity index (χ2v) is 8.59. The molecule has 0 unspecified atom stereocenters. The summed E-state index contributed by atoms with van der Waals surface area (Å²) in [6, 6.07) is 8.16. The number of aryl methyl sites for hydroxylation is 1. The van der Waals surface area contributed by atoms with E-state index >= 15 is 0 Å². The number of ether oxygens (including phenoxy) is 1. The highest BCUT2D eigenvalue weighted by Gasteiger charge is 2.06. The van der Waals surface area contributed by atoms with E-state index in [1.54, 1.807) is 0 Å². The molecule has 1 aromatic heterocycles. The molecule has 3 heteroatoms. The van der Waals surface area contributed by atoms with Crippen molar-refractivity contribution >= 4 is 0 Å². The van der Waals surface area contributed by atoms with Crippen molar-refractivity contribution in [2.45, 2.75) is 110 Å². The Balaban J connectivity index is 1.68. The SMILES string of the molecule is CCCCCCCCCCCc1cnc(-c2ccc(O[C@@H](C)CCCC)cc2)nc1. The maximum absolute atomic E-state index is 5.98. The van der Waals surface area contributed by atoms with Gasteiger partial charge in [0.2, 0.25) is 0 Å². The fourth-order valence-corrected chi connectivity index (χ4v) is 3.74. The molecule has 0 radical (unpaired) electrons. The van der Waals surface area contributed by atoms with Gasteiger partial charge in [-0.2, -0.15) is 0 Å². The zero-order valence-electron chi connectivity index (χ0n) is 19.5. The topological polar surface area (TPSA) is 35.0 Å². The summed E-state index contributed by atoms with van der Waals surface area (Å²) in [5, 5.41) is 0. The van der Waals surface area contributed by atoms with E-state index in [1.807, 2.05) is 24.5 Å². The normalized spacial score (nSPS) is 12.1. The van der Waals surface area contributed by atoms with Crippen molar-refractivity contribution in [2.24, 2.45) is 0 Å². The molecule has 1 heterocycles. The van der Waals surface area contributed by atoms with Crippen LogP contribution < -0.4 is 4.74 Å². The van der Waals surface area contributed by atoms with Crippen LogP contribution in [0, 0.1) is 0 Å². The Labute approximate surface area is 184 Å². The molecule has 0 amide bonds. The molecule has 0 saturated heterocycles. The Morgan fingerprint density at radius 1 is 0.733 bits per heavy atom. The number of hydrogen-bond acceptors (Lipinski definition) is 3.